The Bertz CT molecular complexity index is 465. The Morgan fingerprint density at radius 2 is 2.31 bits per heavy atom. The summed E-state index contributed by atoms with van der Waals surface area (Å²) in [6.45, 7) is 3.10. The number of H-pyrrole nitrogens is 1. The lowest BCUT2D eigenvalue weighted by atomic mass is 10.2. The first kappa shape index (κ1) is 10.7. The molecule has 0 aliphatic heterocycles. The second-order valence-corrected chi connectivity index (χ2v) is 3.42. The van der Waals surface area contributed by atoms with Crippen LogP contribution in [-0.4, -0.2) is 16.6 Å². The number of imidazole rings is 1. The first-order valence-corrected chi connectivity index (χ1v) is 5.30. The Kier molecular flexibility index (Phi) is 3.22. The first-order valence-electron chi connectivity index (χ1n) is 5.30. The summed E-state index contributed by atoms with van der Waals surface area (Å²) in [4.78, 5) is 7.42. The number of ether oxygens (including phenoxy) is 1. The van der Waals surface area contributed by atoms with E-state index in [1.165, 1.54) is 0 Å². The molecule has 84 valence electrons. The lowest BCUT2D eigenvalue weighted by Gasteiger charge is -2.04. The van der Waals surface area contributed by atoms with Gasteiger partial charge in [0.25, 0.3) is 0 Å². The van der Waals surface area contributed by atoms with Gasteiger partial charge in [0.15, 0.2) is 0 Å². The topological polar surface area (TPSA) is 63.9 Å². The Hall–Kier alpha value is -1.81. The van der Waals surface area contributed by atoms with Crippen molar-refractivity contribution >= 4 is 0 Å². The highest BCUT2D eigenvalue weighted by atomic mass is 16.5. The number of hydrogen-bond acceptors (Lipinski definition) is 3. The van der Waals surface area contributed by atoms with Crippen LogP contribution in [0.25, 0.3) is 11.4 Å². The van der Waals surface area contributed by atoms with Gasteiger partial charge in [-0.2, -0.15) is 0 Å². The summed E-state index contributed by atoms with van der Waals surface area (Å²) in [7, 11) is 0. The Balaban J connectivity index is 2.28. The molecule has 4 nitrogen and oxygen atoms in total. The standard InChI is InChI=1S/C12H15N3O/c1-2-16-11-5-3-4-9(6-11)12-14-8-10(7-13)15-12/h3-6,8H,2,7,13H2,1H3,(H,14,15). The summed E-state index contributed by atoms with van der Waals surface area (Å²) >= 11 is 0. The van der Waals surface area contributed by atoms with Crippen molar-refractivity contribution in [2.24, 2.45) is 5.73 Å². The maximum Gasteiger partial charge on any atom is 0.137 e. The highest BCUT2D eigenvalue weighted by molar-refractivity contribution is 5.57. The van der Waals surface area contributed by atoms with Crippen molar-refractivity contribution in [2.75, 3.05) is 6.61 Å². The molecule has 0 radical (unpaired) electrons. The molecule has 2 aromatic rings. The lowest BCUT2D eigenvalue weighted by molar-refractivity contribution is 0.340. The first-order chi connectivity index (χ1) is 7.83. The van der Waals surface area contributed by atoms with Crippen LogP contribution >= 0.6 is 0 Å². The summed E-state index contributed by atoms with van der Waals surface area (Å²) < 4.78 is 5.43. The Morgan fingerprint density at radius 3 is 3.00 bits per heavy atom. The van der Waals surface area contributed by atoms with Crippen molar-refractivity contribution < 1.29 is 4.74 Å². The number of aromatic nitrogens is 2. The van der Waals surface area contributed by atoms with E-state index in [-0.39, 0.29) is 0 Å². The molecule has 4 heteroatoms. The van der Waals surface area contributed by atoms with Gasteiger partial charge in [-0.25, -0.2) is 4.98 Å². The van der Waals surface area contributed by atoms with Gasteiger partial charge in [0.05, 0.1) is 6.61 Å². The van der Waals surface area contributed by atoms with Crippen LogP contribution in [0, 0.1) is 0 Å². The van der Waals surface area contributed by atoms with E-state index < -0.39 is 0 Å². The molecule has 1 heterocycles. The molecule has 0 amide bonds. The maximum atomic E-state index is 5.52. The van der Waals surface area contributed by atoms with Crippen molar-refractivity contribution in [3.8, 4) is 17.1 Å². The summed E-state index contributed by atoms with van der Waals surface area (Å²) in [6.07, 6.45) is 1.75. The second kappa shape index (κ2) is 4.81. The second-order valence-electron chi connectivity index (χ2n) is 3.42. The molecule has 0 saturated heterocycles. The molecule has 0 saturated carbocycles. The molecule has 0 bridgehead atoms. The molecule has 0 fully saturated rings. The molecule has 3 N–H and O–H groups in total. The van der Waals surface area contributed by atoms with Crippen LogP contribution in [0.5, 0.6) is 5.75 Å². The van der Waals surface area contributed by atoms with Crippen LogP contribution in [0.1, 0.15) is 12.6 Å². The Morgan fingerprint density at radius 1 is 1.44 bits per heavy atom. The van der Waals surface area contributed by atoms with Crippen molar-refractivity contribution in [3.63, 3.8) is 0 Å². The fourth-order valence-corrected chi connectivity index (χ4v) is 1.51. The molecular formula is C12H15N3O. The van der Waals surface area contributed by atoms with Crippen molar-refractivity contribution in [2.45, 2.75) is 13.5 Å². The third-order valence-corrected chi connectivity index (χ3v) is 2.27. The normalized spacial score (nSPS) is 10.4. The van der Waals surface area contributed by atoms with E-state index in [0.29, 0.717) is 13.2 Å². The average molecular weight is 217 g/mol. The zero-order chi connectivity index (χ0) is 11.4. The minimum atomic E-state index is 0.470. The maximum absolute atomic E-state index is 5.52. The fourth-order valence-electron chi connectivity index (χ4n) is 1.51. The quantitative estimate of drug-likeness (QED) is 0.822. The fraction of sp³-hybridized carbons (Fsp3) is 0.250. The summed E-state index contributed by atoms with van der Waals surface area (Å²) in [5.41, 5.74) is 7.46. The minimum absolute atomic E-state index is 0.470. The number of hydrogen-bond donors (Lipinski definition) is 2. The SMILES string of the molecule is CCOc1cccc(-c2ncc(CN)[nH]2)c1. The minimum Gasteiger partial charge on any atom is -0.494 e. The lowest BCUT2D eigenvalue weighted by Crippen LogP contribution is -1.95. The van der Waals surface area contributed by atoms with E-state index in [0.717, 1.165) is 22.8 Å². The van der Waals surface area contributed by atoms with Gasteiger partial charge in [0.2, 0.25) is 0 Å². The van der Waals surface area contributed by atoms with Gasteiger partial charge in [-0.05, 0) is 19.1 Å². The number of nitrogens with one attached hydrogen (secondary N) is 1. The number of rotatable bonds is 4. The van der Waals surface area contributed by atoms with E-state index in [1.807, 2.05) is 31.2 Å². The molecule has 0 unspecified atom stereocenters. The molecule has 0 atom stereocenters. The molecule has 1 aromatic heterocycles. The van der Waals surface area contributed by atoms with E-state index in [9.17, 15) is 0 Å². The van der Waals surface area contributed by atoms with Crippen molar-refractivity contribution in [1.82, 2.24) is 9.97 Å². The molecule has 1 aromatic carbocycles. The van der Waals surface area contributed by atoms with Gasteiger partial charge < -0.3 is 15.5 Å². The zero-order valence-corrected chi connectivity index (χ0v) is 9.23. The number of nitrogens with zero attached hydrogens (tertiary/aromatic N) is 1. The molecular weight excluding hydrogens is 202 g/mol. The van der Waals surface area contributed by atoms with Gasteiger partial charge in [-0.15, -0.1) is 0 Å². The van der Waals surface area contributed by atoms with Crippen LogP contribution in [0.2, 0.25) is 0 Å². The van der Waals surface area contributed by atoms with Gasteiger partial charge in [-0.1, -0.05) is 12.1 Å². The third-order valence-electron chi connectivity index (χ3n) is 2.27. The summed E-state index contributed by atoms with van der Waals surface area (Å²) in [5.74, 6) is 1.67. The summed E-state index contributed by atoms with van der Waals surface area (Å²) in [5, 5.41) is 0. The van der Waals surface area contributed by atoms with E-state index >= 15 is 0 Å². The predicted molar refractivity (Wildman–Crippen MR) is 63.1 cm³/mol. The van der Waals surface area contributed by atoms with Crippen LogP contribution in [0.15, 0.2) is 30.5 Å². The van der Waals surface area contributed by atoms with Crippen LogP contribution in [0.4, 0.5) is 0 Å². The van der Waals surface area contributed by atoms with Gasteiger partial charge >= 0.3 is 0 Å². The largest absolute Gasteiger partial charge is 0.494 e. The van der Waals surface area contributed by atoms with Crippen LogP contribution < -0.4 is 10.5 Å². The smallest absolute Gasteiger partial charge is 0.137 e. The number of benzene rings is 1. The molecule has 2 rings (SSSR count). The van der Waals surface area contributed by atoms with Crippen LogP contribution in [-0.2, 0) is 6.54 Å². The monoisotopic (exact) mass is 217 g/mol. The van der Waals surface area contributed by atoms with Gasteiger partial charge in [0.1, 0.15) is 11.6 Å². The predicted octanol–water partition coefficient (Wildman–Crippen LogP) is 1.93. The van der Waals surface area contributed by atoms with E-state index in [4.69, 9.17) is 10.5 Å². The highest BCUT2D eigenvalue weighted by Gasteiger charge is 2.03. The Labute approximate surface area is 94.5 Å². The molecule has 16 heavy (non-hydrogen) atoms. The molecule has 0 aliphatic carbocycles. The van der Waals surface area contributed by atoms with Gasteiger partial charge in [-0.3, -0.25) is 0 Å². The average Bonchev–Trinajstić information content (AvgIpc) is 2.78. The van der Waals surface area contributed by atoms with Crippen molar-refractivity contribution in [3.05, 3.63) is 36.2 Å². The third kappa shape index (κ3) is 2.23. The summed E-state index contributed by atoms with van der Waals surface area (Å²) in [6, 6.07) is 7.83. The zero-order valence-electron chi connectivity index (χ0n) is 9.23. The number of nitrogens with two attached hydrogens (primary N) is 1. The van der Waals surface area contributed by atoms with E-state index in [1.54, 1.807) is 6.20 Å². The molecule has 0 aliphatic rings. The highest BCUT2D eigenvalue weighted by Crippen LogP contribution is 2.21. The van der Waals surface area contributed by atoms with Crippen molar-refractivity contribution in [1.29, 1.82) is 0 Å². The van der Waals surface area contributed by atoms with Crippen LogP contribution in [0.3, 0.4) is 0 Å². The number of aromatic amines is 1. The van der Waals surface area contributed by atoms with Gasteiger partial charge in [0, 0.05) is 24.0 Å². The van der Waals surface area contributed by atoms with E-state index in [2.05, 4.69) is 9.97 Å². The molecule has 0 spiro atoms.